The summed E-state index contributed by atoms with van der Waals surface area (Å²) in [7, 11) is 0. The lowest BCUT2D eigenvalue weighted by Gasteiger charge is -2.15. The highest BCUT2D eigenvalue weighted by Crippen LogP contribution is 2.30. The van der Waals surface area contributed by atoms with Crippen LogP contribution in [0.5, 0.6) is 0 Å². The first kappa shape index (κ1) is 16.5. The molecule has 0 amide bonds. The third kappa shape index (κ3) is 3.49. The minimum absolute atomic E-state index is 0. The van der Waals surface area contributed by atoms with Crippen LogP contribution in [0.1, 0.15) is 28.4 Å². The highest BCUT2D eigenvalue weighted by Gasteiger charge is 2.30. The predicted molar refractivity (Wildman–Crippen MR) is 73.7 cm³/mol. The molecule has 108 valence electrons. The van der Waals surface area contributed by atoms with Crippen molar-refractivity contribution < 1.29 is 13.2 Å². The first-order chi connectivity index (χ1) is 8.89. The van der Waals surface area contributed by atoms with Gasteiger partial charge in [-0.25, -0.2) is 0 Å². The number of alkyl halides is 3. The number of nitrogens with zero attached hydrogens (tertiary/aromatic N) is 1. The molecule has 2 N–H and O–H groups in total. The summed E-state index contributed by atoms with van der Waals surface area (Å²) in [5, 5.41) is 0. The SMILES string of the molecule is Cc1cccnc1C(N)c1ccc(C(F)(F)F)cc1.Cl. The summed E-state index contributed by atoms with van der Waals surface area (Å²) in [6.45, 7) is 1.87. The molecule has 0 radical (unpaired) electrons. The third-order valence-corrected chi connectivity index (χ3v) is 2.94. The number of rotatable bonds is 2. The molecule has 0 bridgehead atoms. The van der Waals surface area contributed by atoms with Gasteiger partial charge in [-0.2, -0.15) is 13.2 Å². The fraction of sp³-hybridized carbons (Fsp3) is 0.214. The van der Waals surface area contributed by atoms with Gasteiger partial charge < -0.3 is 5.73 Å². The zero-order valence-corrected chi connectivity index (χ0v) is 11.5. The van der Waals surface area contributed by atoms with Gasteiger partial charge in [-0.05, 0) is 36.2 Å². The lowest BCUT2D eigenvalue weighted by Crippen LogP contribution is -2.15. The van der Waals surface area contributed by atoms with E-state index in [4.69, 9.17) is 5.73 Å². The number of aryl methyl sites for hydroxylation is 1. The van der Waals surface area contributed by atoms with Crippen molar-refractivity contribution in [3.8, 4) is 0 Å². The van der Waals surface area contributed by atoms with Crippen molar-refractivity contribution in [3.05, 3.63) is 65.0 Å². The summed E-state index contributed by atoms with van der Waals surface area (Å²) in [4.78, 5) is 4.18. The number of hydrogen-bond acceptors (Lipinski definition) is 2. The Morgan fingerprint density at radius 1 is 1.10 bits per heavy atom. The van der Waals surface area contributed by atoms with Crippen LogP contribution in [0, 0.1) is 6.92 Å². The zero-order valence-electron chi connectivity index (χ0n) is 10.7. The predicted octanol–water partition coefficient (Wildman–Crippen LogP) is 3.88. The Bertz CT molecular complexity index is 567. The summed E-state index contributed by atoms with van der Waals surface area (Å²) in [5.74, 6) is 0. The largest absolute Gasteiger partial charge is 0.416 e. The molecule has 1 unspecified atom stereocenters. The molecule has 1 atom stereocenters. The van der Waals surface area contributed by atoms with Crippen LogP contribution in [0.25, 0.3) is 0 Å². The molecule has 20 heavy (non-hydrogen) atoms. The molecular weight excluding hydrogens is 289 g/mol. The van der Waals surface area contributed by atoms with E-state index < -0.39 is 17.8 Å². The van der Waals surface area contributed by atoms with Gasteiger partial charge in [0, 0.05) is 6.20 Å². The van der Waals surface area contributed by atoms with Gasteiger partial charge in [0.1, 0.15) is 0 Å². The number of aromatic nitrogens is 1. The molecule has 6 heteroatoms. The Hall–Kier alpha value is -1.59. The second-order valence-corrected chi connectivity index (χ2v) is 4.30. The average molecular weight is 303 g/mol. The minimum atomic E-state index is -4.33. The van der Waals surface area contributed by atoms with Crippen molar-refractivity contribution in [1.82, 2.24) is 4.98 Å². The number of hydrogen-bond donors (Lipinski definition) is 1. The van der Waals surface area contributed by atoms with E-state index in [-0.39, 0.29) is 12.4 Å². The Labute approximate surface area is 121 Å². The molecule has 1 aromatic heterocycles. The second-order valence-electron chi connectivity index (χ2n) is 4.30. The molecule has 2 aromatic rings. The standard InChI is InChI=1S/C14H13F3N2.ClH/c1-9-3-2-8-19-13(9)12(18)10-4-6-11(7-5-10)14(15,16)17;/h2-8,12H,18H2,1H3;1H. The molecule has 0 aliphatic carbocycles. The molecule has 0 saturated heterocycles. The maximum absolute atomic E-state index is 12.5. The van der Waals surface area contributed by atoms with Crippen molar-refractivity contribution in [2.24, 2.45) is 5.73 Å². The van der Waals surface area contributed by atoms with Crippen LogP contribution < -0.4 is 5.73 Å². The lowest BCUT2D eigenvalue weighted by atomic mass is 9.99. The minimum Gasteiger partial charge on any atom is -0.319 e. The molecule has 1 aromatic carbocycles. The maximum atomic E-state index is 12.5. The normalized spacial score (nSPS) is 12.7. The van der Waals surface area contributed by atoms with Crippen LogP contribution in [0.2, 0.25) is 0 Å². The van der Waals surface area contributed by atoms with Gasteiger partial charge in [0.25, 0.3) is 0 Å². The van der Waals surface area contributed by atoms with E-state index in [0.29, 0.717) is 11.3 Å². The molecule has 0 saturated carbocycles. The fourth-order valence-electron chi connectivity index (χ4n) is 1.86. The van der Waals surface area contributed by atoms with E-state index in [9.17, 15) is 13.2 Å². The van der Waals surface area contributed by atoms with Gasteiger partial charge in [-0.15, -0.1) is 12.4 Å². The van der Waals surface area contributed by atoms with Gasteiger partial charge >= 0.3 is 6.18 Å². The quantitative estimate of drug-likeness (QED) is 0.914. The first-order valence-corrected chi connectivity index (χ1v) is 5.74. The third-order valence-electron chi connectivity index (χ3n) is 2.94. The average Bonchev–Trinajstić information content (AvgIpc) is 2.38. The summed E-state index contributed by atoms with van der Waals surface area (Å²) in [6.07, 6.45) is -2.71. The summed E-state index contributed by atoms with van der Waals surface area (Å²) in [5.41, 5.74) is 7.54. The van der Waals surface area contributed by atoms with Gasteiger partial charge in [0.2, 0.25) is 0 Å². The monoisotopic (exact) mass is 302 g/mol. The van der Waals surface area contributed by atoms with Crippen LogP contribution in [0.3, 0.4) is 0 Å². The summed E-state index contributed by atoms with van der Waals surface area (Å²) >= 11 is 0. The number of halogens is 4. The Balaban J connectivity index is 0.00000200. The topological polar surface area (TPSA) is 38.9 Å². The molecule has 0 aliphatic heterocycles. The van der Waals surface area contributed by atoms with Crippen LogP contribution in [-0.4, -0.2) is 4.98 Å². The van der Waals surface area contributed by atoms with E-state index in [1.54, 1.807) is 12.3 Å². The Morgan fingerprint density at radius 2 is 1.70 bits per heavy atom. The van der Waals surface area contributed by atoms with Crippen LogP contribution in [-0.2, 0) is 6.18 Å². The van der Waals surface area contributed by atoms with Crippen molar-refractivity contribution in [2.45, 2.75) is 19.1 Å². The molecule has 1 heterocycles. The highest BCUT2D eigenvalue weighted by molar-refractivity contribution is 5.85. The van der Waals surface area contributed by atoms with E-state index >= 15 is 0 Å². The number of nitrogens with two attached hydrogens (primary N) is 1. The van der Waals surface area contributed by atoms with Gasteiger partial charge in [0.05, 0.1) is 17.3 Å². The molecule has 2 rings (SSSR count). The maximum Gasteiger partial charge on any atom is 0.416 e. The summed E-state index contributed by atoms with van der Waals surface area (Å²) in [6, 6.07) is 7.98. The van der Waals surface area contributed by atoms with Crippen molar-refractivity contribution in [1.29, 1.82) is 0 Å². The molecular formula is C14H14ClF3N2. The first-order valence-electron chi connectivity index (χ1n) is 5.74. The number of pyridine rings is 1. The fourth-order valence-corrected chi connectivity index (χ4v) is 1.86. The van der Waals surface area contributed by atoms with E-state index in [1.807, 2.05) is 13.0 Å². The molecule has 2 nitrogen and oxygen atoms in total. The van der Waals surface area contributed by atoms with E-state index in [0.717, 1.165) is 17.7 Å². The lowest BCUT2D eigenvalue weighted by molar-refractivity contribution is -0.137. The second kappa shape index (κ2) is 6.24. The summed E-state index contributed by atoms with van der Waals surface area (Å²) < 4.78 is 37.4. The van der Waals surface area contributed by atoms with Crippen LogP contribution in [0.4, 0.5) is 13.2 Å². The smallest absolute Gasteiger partial charge is 0.319 e. The van der Waals surface area contributed by atoms with Crippen molar-refractivity contribution in [2.75, 3.05) is 0 Å². The van der Waals surface area contributed by atoms with Crippen molar-refractivity contribution >= 4 is 12.4 Å². The number of benzene rings is 1. The van der Waals surface area contributed by atoms with E-state index in [1.165, 1.54) is 12.1 Å². The van der Waals surface area contributed by atoms with Gasteiger partial charge in [0.15, 0.2) is 0 Å². The van der Waals surface area contributed by atoms with E-state index in [2.05, 4.69) is 4.98 Å². The Morgan fingerprint density at radius 3 is 2.20 bits per heavy atom. The van der Waals surface area contributed by atoms with Gasteiger partial charge in [-0.1, -0.05) is 18.2 Å². The Kier molecular flexibility index (Phi) is 5.14. The van der Waals surface area contributed by atoms with Crippen molar-refractivity contribution in [3.63, 3.8) is 0 Å². The molecule has 0 aliphatic rings. The zero-order chi connectivity index (χ0) is 14.0. The highest BCUT2D eigenvalue weighted by atomic mass is 35.5. The molecule has 0 fully saturated rings. The molecule has 0 spiro atoms. The van der Waals surface area contributed by atoms with Crippen LogP contribution in [0.15, 0.2) is 42.6 Å². The van der Waals surface area contributed by atoms with Gasteiger partial charge in [-0.3, -0.25) is 4.98 Å². The van der Waals surface area contributed by atoms with Crippen LogP contribution >= 0.6 is 12.4 Å².